The van der Waals surface area contributed by atoms with Gasteiger partial charge in [0.15, 0.2) is 0 Å². The molecule has 0 aliphatic carbocycles. The maximum absolute atomic E-state index is 5.91. The van der Waals surface area contributed by atoms with Crippen molar-refractivity contribution in [2.75, 3.05) is 22.4 Å². The predicted molar refractivity (Wildman–Crippen MR) is 198 cm³/mol. The number of hydrogen-bond acceptors (Lipinski definition) is 7. The fourth-order valence-electron chi connectivity index (χ4n) is 4.90. The van der Waals surface area contributed by atoms with Crippen molar-refractivity contribution in [3.05, 3.63) is 168 Å². The second kappa shape index (κ2) is 15.6. The number of nitrogen functional groups attached to an aromatic ring is 2. The molecule has 0 aliphatic rings. The zero-order chi connectivity index (χ0) is 33.9. The number of rotatable bonds is 10. The molecule has 0 unspecified atom stereocenters. The van der Waals surface area contributed by atoms with Gasteiger partial charge in [-0.15, -0.1) is 0 Å². The lowest BCUT2D eigenvalue weighted by Crippen LogP contribution is -2.18. The monoisotopic (exact) mass is 638 g/mol. The molecule has 244 valence electrons. The van der Waals surface area contributed by atoms with Crippen molar-refractivity contribution in [2.45, 2.75) is 33.1 Å². The Morgan fingerprint density at radius 2 is 0.750 bits per heavy atom. The molecule has 0 radical (unpaired) electrons. The van der Waals surface area contributed by atoms with Gasteiger partial charge >= 0.3 is 0 Å². The maximum atomic E-state index is 5.91. The van der Waals surface area contributed by atoms with E-state index in [0.717, 1.165) is 45.5 Å². The maximum Gasteiger partial charge on any atom is 0.127 e. The molecule has 7 nitrogen and oxygen atoms in total. The Morgan fingerprint density at radius 1 is 0.438 bits per heavy atom. The number of nitrogens with one attached hydrogen (secondary N) is 2. The topological polar surface area (TPSA) is 104 Å². The van der Waals surface area contributed by atoms with Gasteiger partial charge in [0, 0.05) is 16.8 Å². The second-order valence-electron chi connectivity index (χ2n) is 12.0. The zero-order valence-corrected chi connectivity index (χ0v) is 27.7. The molecule has 6 rings (SSSR count). The SMILES string of the molecule is CC(C)(c1ccc(Oc2ccc(N)cc2)cc1)c1ccc(Oc2ccc(N)cc2)cc1.Cc1ccccc1NONc1ccccc1C. The summed E-state index contributed by atoms with van der Waals surface area (Å²) in [7, 11) is 0. The Labute approximate surface area is 283 Å². The highest BCUT2D eigenvalue weighted by Crippen LogP contribution is 2.35. The number of nitrogens with two attached hydrogens (primary N) is 2. The molecule has 0 aliphatic heterocycles. The van der Waals surface area contributed by atoms with E-state index < -0.39 is 0 Å². The number of ether oxygens (including phenoxy) is 2. The van der Waals surface area contributed by atoms with E-state index in [9.17, 15) is 0 Å². The first-order chi connectivity index (χ1) is 23.2. The van der Waals surface area contributed by atoms with Gasteiger partial charge in [0.1, 0.15) is 23.0 Å². The number of hydrogen-bond donors (Lipinski definition) is 4. The van der Waals surface area contributed by atoms with E-state index in [1.807, 2.05) is 135 Å². The third kappa shape index (κ3) is 9.09. The average Bonchev–Trinajstić information content (AvgIpc) is 3.09. The molecule has 0 heterocycles. The number of anilines is 4. The van der Waals surface area contributed by atoms with Gasteiger partial charge < -0.3 is 20.9 Å². The van der Waals surface area contributed by atoms with Crippen LogP contribution in [0, 0.1) is 13.8 Å². The van der Waals surface area contributed by atoms with Gasteiger partial charge in [-0.1, -0.05) is 74.5 Å². The van der Waals surface area contributed by atoms with E-state index in [2.05, 4.69) is 49.1 Å². The van der Waals surface area contributed by atoms with Gasteiger partial charge in [0.2, 0.25) is 0 Å². The first kappa shape index (κ1) is 33.4. The summed E-state index contributed by atoms with van der Waals surface area (Å²) in [5.41, 5.74) is 25.1. The molecule has 0 saturated heterocycles. The fraction of sp³-hybridized carbons (Fsp3) is 0.122. The summed E-state index contributed by atoms with van der Waals surface area (Å²) in [6.45, 7) is 8.47. The third-order valence-electron chi connectivity index (χ3n) is 8.00. The van der Waals surface area contributed by atoms with Crippen molar-refractivity contribution >= 4 is 22.7 Å². The molecule has 6 N–H and O–H groups in total. The molecule has 0 amide bonds. The number of benzene rings is 6. The minimum atomic E-state index is -0.167. The van der Waals surface area contributed by atoms with E-state index in [4.69, 9.17) is 25.9 Å². The van der Waals surface area contributed by atoms with E-state index in [0.29, 0.717) is 11.4 Å². The average molecular weight is 639 g/mol. The molecule has 0 saturated carbocycles. The van der Waals surface area contributed by atoms with Crippen molar-refractivity contribution < 1.29 is 14.4 Å². The van der Waals surface area contributed by atoms with Gasteiger partial charge in [0.25, 0.3) is 0 Å². The highest BCUT2D eigenvalue weighted by Gasteiger charge is 2.23. The molecule has 6 aromatic rings. The Kier molecular flexibility index (Phi) is 10.9. The van der Waals surface area contributed by atoms with Crippen molar-refractivity contribution in [3.8, 4) is 23.0 Å². The van der Waals surface area contributed by atoms with Gasteiger partial charge in [-0.3, -0.25) is 0 Å². The standard InChI is InChI=1S/C27H26N2O2.C14H16N2O/c1-27(2,19-3-11-23(12-4-19)30-25-15-7-21(28)8-16-25)20-5-13-24(14-6-20)31-26-17-9-22(29)10-18-26;1-11-7-3-5-9-13(11)15-17-16-14-10-6-4-8-12(14)2/h3-18H,28-29H2,1-2H3;3-10,15-16H,1-2H3. The van der Waals surface area contributed by atoms with Crippen molar-refractivity contribution in [1.82, 2.24) is 0 Å². The summed E-state index contributed by atoms with van der Waals surface area (Å²) in [6, 6.07) is 47.0. The molecule has 0 aromatic heterocycles. The predicted octanol–water partition coefficient (Wildman–Crippen LogP) is 10.4. The molecule has 48 heavy (non-hydrogen) atoms. The first-order valence-corrected chi connectivity index (χ1v) is 15.7. The van der Waals surface area contributed by atoms with Crippen LogP contribution in [-0.4, -0.2) is 0 Å². The molecular weight excluding hydrogens is 596 g/mol. The lowest BCUT2D eigenvalue weighted by atomic mass is 9.78. The van der Waals surface area contributed by atoms with Crippen molar-refractivity contribution in [2.24, 2.45) is 0 Å². The van der Waals surface area contributed by atoms with E-state index in [1.54, 1.807) is 0 Å². The lowest BCUT2D eigenvalue weighted by molar-refractivity contribution is 0.264. The first-order valence-electron chi connectivity index (χ1n) is 15.7. The fourth-order valence-corrected chi connectivity index (χ4v) is 4.90. The van der Waals surface area contributed by atoms with Crippen LogP contribution in [0.3, 0.4) is 0 Å². The van der Waals surface area contributed by atoms with Crippen LogP contribution in [0.4, 0.5) is 22.7 Å². The number of para-hydroxylation sites is 2. The van der Waals surface area contributed by atoms with Crippen LogP contribution in [0.15, 0.2) is 146 Å². The summed E-state index contributed by atoms with van der Waals surface area (Å²) in [6.07, 6.45) is 0. The van der Waals surface area contributed by atoms with Crippen LogP contribution in [0.2, 0.25) is 0 Å². The molecule has 0 fully saturated rings. The van der Waals surface area contributed by atoms with Gasteiger partial charge in [-0.25, -0.2) is 11.0 Å². The highest BCUT2D eigenvalue weighted by molar-refractivity contribution is 5.51. The molecule has 0 bridgehead atoms. The smallest absolute Gasteiger partial charge is 0.127 e. The summed E-state index contributed by atoms with van der Waals surface area (Å²) < 4.78 is 11.8. The van der Waals surface area contributed by atoms with Crippen LogP contribution in [0.5, 0.6) is 23.0 Å². The van der Waals surface area contributed by atoms with Crippen LogP contribution in [0.25, 0.3) is 0 Å². The normalized spacial score (nSPS) is 10.8. The van der Waals surface area contributed by atoms with E-state index in [-0.39, 0.29) is 5.41 Å². The Morgan fingerprint density at radius 3 is 1.08 bits per heavy atom. The summed E-state index contributed by atoms with van der Waals surface area (Å²) in [5, 5.41) is 0. The Bertz CT molecular complexity index is 1750. The van der Waals surface area contributed by atoms with Crippen LogP contribution in [0.1, 0.15) is 36.1 Å². The zero-order valence-electron chi connectivity index (χ0n) is 27.7. The summed E-state index contributed by atoms with van der Waals surface area (Å²) >= 11 is 0. The Hall–Kier alpha value is -5.92. The van der Waals surface area contributed by atoms with Crippen LogP contribution in [-0.2, 0) is 10.4 Å². The van der Waals surface area contributed by atoms with Gasteiger partial charge in [0.05, 0.1) is 11.4 Å². The van der Waals surface area contributed by atoms with Gasteiger partial charge in [-0.2, -0.15) is 4.94 Å². The summed E-state index contributed by atoms with van der Waals surface area (Å²) in [4.78, 5) is 5.27. The molecular formula is C41H42N4O3. The number of aryl methyl sites for hydroxylation is 2. The van der Waals surface area contributed by atoms with Crippen LogP contribution < -0.4 is 31.9 Å². The van der Waals surface area contributed by atoms with Crippen molar-refractivity contribution in [1.29, 1.82) is 0 Å². The highest BCUT2D eigenvalue weighted by atomic mass is 16.8. The Balaban J connectivity index is 0.000000224. The van der Waals surface area contributed by atoms with Crippen molar-refractivity contribution in [3.63, 3.8) is 0 Å². The second-order valence-corrected chi connectivity index (χ2v) is 12.0. The third-order valence-corrected chi connectivity index (χ3v) is 8.00. The largest absolute Gasteiger partial charge is 0.457 e. The molecule has 6 aromatic carbocycles. The molecule has 0 atom stereocenters. The molecule has 0 spiro atoms. The minimum Gasteiger partial charge on any atom is -0.457 e. The quantitative estimate of drug-likeness (QED) is 0.0874. The minimum absolute atomic E-state index is 0.167. The van der Waals surface area contributed by atoms with E-state index in [1.165, 1.54) is 11.1 Å². The van der Waals surface area contributed by atoms with Gasteiger partial charge in [-0.05, 0) is 121 Å². The summed E-state index contributed by atoms with van der Waals surface area (Å²) in [5.74, 6) is 3.10. The lowest BCUT2D eigenvalue weighted by Gasteiger charge is -2.26. The van der Waals surface area contributed by atoms with E-state index >= 15 is 0 Å². The molecule has 7 heteroatoms. The van der Waals surface area contributed by atoms with Crippen LogP contribution >= 0.6 is 0 Å².